The number of carbonyl (C=O) groups excluding carboxylic acids is 1. The van der Waals surface area contributed by atoms with Gasteiger partial charge in [0.05, 0.1) is 12.1 Å². The summed E-state index contributed by atoms with van der Waals surface area (Å²) in [6, 6.07) is 0. The second-order valence-electron chi connectivity index (χ2n) is 5.01. The molecule has 0 aromatic carbocycles. The molecule has 0 radical (unpaired) electrons. The maximum Gasteiger partial charge on any atom is 0.237 e. The van der Waals surface area contributed by atoms with E-state index in [4.69, 9.17) is 0 Å². The zero-order chi connectivity index (χ0) is 12.3. The molecule has 0 atom stereocenters. The Bertz CT molecular complexity index is 279. The van der Waals surface area contributed by atoms with Gasteiger partial charge in [-0.25, -0.2) is 0 Å². The highest BCUT2D eigenvalue weighted by Gasteiger charge is 2.37. The van der Waals surface area contributed by atoms with Gasteiger partial charge in [0.2, 0.25) is 5.91 Å². The standard InChI is InChI=1S/C12H22N2O2/c1-5-14(6-10(2)3)11(15)7-13-8-12(4,16)9-13/h16H,2,5-9H2,1,3-4H3. The van der Waals surface area contributed by atoms with E-state index >= 15 is 0 Å². The molecule has 0 bridgehead atoms. The molecule has 1 N–H and O–H groups in total. The maximum absolute atomic E-state index is 11.9. The largest absolute Gasteiger partial charge is 0.388 e. The van der Waals surface area contributed by atoms with Crippen molar-refractivity contribution in [2.24, 2.45) is 0 Å². The molecule has 0 aliphatic carbocycles. The average molecular weight is 226 g/mol. The summed E-state index contributed by atoms with van der Waals surface area (Å²) in [6.45, 7) is 12.4. The Morgan fingerprint density at radius 1 is 1.56 bits per heavy atom. The maximum atomic E-state index is 11.9. The fraction of sp³-hybridized carbons (Fsp3) is 0.750. The quantitative estimate of drug-likeness (QED) is 0.693. The lowest BCUT2D eigenvalue weighted by Crippen LogP contribution is -2.61. The van der Waals surface area contributed by atoms with Crippen LogP contribution in [0.5, 0.6) is 0 Å². The summed E-state index contributed by atoms with van der Waals surface area (Å²) in [5.41, 5.74) is 0.386. The molecule has 1 rings (SSSR count). The molecule has 0 spiro atoms. The number of likely N-dealkylation sites (N-methyl/N-ethyl adjacent to an activating group) is 1. The van der Waals surface area contributed by atoms with Gasteiger partial charge >= 0.3 is 0 Å². The first kappa shape index (κ1) is 13.2. The molecule has 1 amide bonds. The Hall–Kier alpha value is -0.870. The molecular formula is C12H22N2O2. The molecule has 1 aliphatic rings. The van der Waals surface area contributed by atoms with Crippen LogP contribution in [0.25, 0.3) is 0 Å². The summed E-state index contributed by atoms with van der Waals surface area (Å²) in [4.78, 5) is 15.6. The number of likely N-dealkylation sites (tertiary alicyclic amines) is 1. The number of hydrogen-bond donors (Lipinski definition) is 1. The molecule has 4 nitrogen and oxygen atoms in total. The van der Waals surface area contributed by atoms with E-state index < -0.39 is 5.60 Å². The summed E-state index contributed by atoms with van der Waals surface area (Å²) in [7, 11) is 0. The molecule has 0 aromatic heterocycles. The van der Waals surface area contributed by atoms with E-state index in [1.807, 2.05) is 18.7 Å². The molecule has 1 heterocycles. The lowest BCUT2D eigenvalue weighted by Gasteiger charge is -2.44. The van der Waals surface area contributed by atoms with Gasteiger partial charge in [0.1, 0.15) is 0 Å². The first-order chi connectivity index (χ1) is 7.34. The number of β-amino-alcohol motifs (C(OH)–C–C–N with tert-alkyl or cyclic N) is 1. The van der Waals surface area contributed by atoms with E-state index in [-0.39, 0.29) is 5.91 Å². The van der Waals surface area contributed by atoms with E-state index in [9.17, 15) is 9.90 Å². The van der Waals surface area contributed by atoms with Crippen molar-refractivity contribution >= 4 is 5.91 Å². The Morgan fingerprint density at radius 3 is 2.50 bits per heavy atom. The van der Waals surface area contributed by atoms with Crippen molar-refractivity contribution in [2.75, 3.05) is 32.7 Å². The minimum absolute atomic E-state index is 0.112. The molecule has 92 valence electrons. The molecule has 0 unspecified atom stereocenters. The fourth-order valence-corrected chi connectivity index (χ4v) is 2.02. The van der Waals surface area contributed by atoms with Gasteiger partial charge in [0.25, 0.3) is 0 Å². The minimum Gasteiger partial charge on any atom is -0.388 e. The second kappa shape index (κ2) is 4.97. The average Bonchev–Trinajstić information content (AvgIpc) is 2.10. The van der Waals surface area contributed by atoms with E-state index in [0.717, 1.165) is 5.57 Å². The van der Waals surface area contributed by atoms with Crippen molar-refractivity contribution in [1.82, 2.24) is 9.80 Å². The number of nitrogens with zero attached hydrogens (tertiary/aromatic N) is 2. The Kier molecular flexibility index (Phi) is 4.10. The van der Waals surface area contributed by atoms with Crippen molar-refractivity contribution in [3.05, 3.63) is 12.2 Å². The highest BCUT2D eigenvalue weighted by Crippen LogP contribution is 2.19. The van der Waals surface area contributed by atoms with Gasteiger partial charge in [-0.3, -0.25) is 9.69 Å². The summed E-state index contributed by atoms with van der Waals surface area (Å²) in [6.07, 6.45) is 0. The van der Waals surface area contributed by atoms with Gasteiger partial charge in [-0.2, -0.15) is 0 Å². The zero-order valence-electron chi connectivity index (χ0n) is 10.5. The normalized spacial score (nSPS) is 19.0. The van der Waals surface area contributed by atoms with Crippen molar-refractivity contribution in [3.63, 3.8) is 0 Å². The van der Waals surface area contributed by atoms with Crippen molar-refractivity contribution in [2.45, 2.75) is 26.4 Å². The molecule has 1 fully saturated rings. The van der Waals surface area contributed by atoms with E-state index in [1.165, 1.54) is 0 Å². The van der Waals surface area contributed by atoms with Crippen LogP contribution in [-0.2, 0) is 4.79 Å². The van der Waals surface area contributed by atoms with Gasteiger partial charge < -0.3 is 10.0 Å². The van der Waals surface area contributed by atoms with Crippen molar-refractivity contribution in [3.8, 4) is 0 Å². The predicted molar refractivity (Wildman–Crippen MR) is 64.1 cm³/mol. The molecule has 16 heavy (non-hydrogen) atoms. The van der Waals surface area contributed by atoms with Crippen LogP contribution < -0.4 is 0 Å². The first-order valence-corrected chi connectivity index (χ1v) is 5.71. The molecule has 4 heteroatoms. The van der Waals surface area contributed by atoms with Gasteiger partial charge in [-0.15, -0.1) is 0 Å². The van der Waals surface area contributed by atoms with E-state index in [0.29, 0.717) is 32.7 Å². The Labute approximate surface area is 97.5 Å². The predicted octanol–water partition coefficient (Wildman–Crippen LogP) is 0.478. The van der Waals surface area contributed by atoms with Crippen LogP contribution in [0, 0.1) is 0 Å². The molecule has 1 saturated heterocycles. The topological polar surface area (TPSA) is 43.8 Å². The number of aliphatic hydroxyl groups is 1. The fourth-order valence-electron chi connectivity index (χ4n) is 2.02. The first-order valence-electron chi connectivity index (χ1n) is 5.71. The second-order valence-corrected chi connectivity index (χ2v) is 5.01. The number of amides is 1. The van der Waals surface area contributed by atoms with Crippen LogP contribution in [-0.4, -0.2) is 59.1 Å². The molecule has 0 saturated carbocycles. The van der Waals surface area contributed by atoms with Crippen molar-refractivity contribution < 1.29 is 9.90 Å². The van der Waals surface area contributed by atoms with Gasteiger partial charge in [-0.1, -0.05) is 12.2 Å². The van der Waals surface area contributed by atoms with Gasteiger partial charge in [0.15, 0.2) is 0 Å². The van der Waals surface area contributed by atoms with Crippen molar-refractivity contribution in [1.29, 1.82) is 0 Å². The monoisotopic (exact) mass is 226 g/mol. The van der Waals surface area contributed by atoms with E-state index in [2.05, 4.69) is 6.58 Å². The summed E-state index contributed by atoms with van der Waals surface area (Å²) in [5, 5.41) is 9.56. The summed E-state index contributed by atoms with van der Waals surface area (Å²) in [5.74, 6) is 0.112. The van der Waals surface area contributed by atoms with Crippen LogP contribution in [0.1, 0.15) is 20.8 Å². The molecule has 1 aliphatic heterocycles. The molecular weight excluding hydrogens is 204 g/mol. The van der Waals surface area contributed by atoms with Crippen LogP contribution >= 0.6 is 0 Å². The molecule has 0 aromatic rings. The number of rotatable bonds is 5. The van der Waals surface area contributed by atoms with Crippen LogP contribution in [0.3, 0.4) is 0 Å². The smallest absolute Gasteiger partial charge is 0.237 e. The van der Waals surface area contributed by atoms with Crippen LogP contribution in [0.4, 0.5) is 0 Å². The third kappa shape index (κ3) is 3.61. The highest BCUT2D eigenvalue weighted by molar-refractivity contribution is 5.78. The lowest BCUT2D eigenvalue weighted by molar-refractivity contribution is -0.139. The summed E-state index contributed by atoms with van der Waals surface area (Å²) >= 11 is 0. The van der Waals surface area contributed by atoms with Gasteiger partial charge in [0, 0.05) is 26.2 Å². The minimum atomic E-state index is -0.605. The lowest BCUT2D eigenvalue weighted by atomic mass is 9.97. The third-order valence-corrected chi connectivity index (χ3v) is 2.68. The summed E-state index contributed by atoms with van der Waals surface area (Å²) < 4.78 is 0. The van der Waals surface area contributed by atoms with Crippen LogP contribution in [0.2, 0.25) is 0 Å². The number of carbonyl (C=O) groups is 1. The third-order valence-electron chi connectivity index (χ3n) is 2.68. The zero-order valence-corrected chi connectivity index (χ0v) is 10.5. The van der Waals surface area contributed by atoms with Crippen LogP contribution in [0.15, 0.2) is 12.2 Å². The SMILES string of the molecule is C=C(C)CN(CC)C(=O)CN1CC(C)(O)C1. The Balaban J connectivity index is 2.36. The Morgan fingerprint density at radius 2 is 2.12 bits per heavy atom. The number of hydrogen-bond acceptors (Lipinski definition) is 3. The van der Waals surface area contributed by atoms with E-state index in [1.54, 1.807) is 11.8 Å². The van der Waals surface area contributed by atoms with Gasteiger partial charge in [-0.05, 0) is 20.8 Å². The highest BCUT2D eigenvalue weighted by atomic mass is 16.3.